The molecular weight excluding hydrogens is 244 g/mol. The predicted molar refractivity (Wildman–Crippen MR) is 71.7 cm³/mol. The fraction of sp³-hybridized carbons (Fsp3) is 0.500. The number of hydrogen-bond acceptors (Lipinski definition) is 3. The molecule has 0 spiro atoms. The van der Waals surface area contributed by atoms with Crippen LogP contribution in [0.15, 0.2) is 24.5 Å². The van der Waals surface area contributed by atoms with Gasteiger partial charge >= 0.3 is 5.97 Å². The number of pyridine rings is 1. The van der Waals surface area contributed by atoms with Gasteiger partial charge in [0.05, 0.1) is 5.92 Å². The van der Waals surface area contributed by atoms with E-state index in [-0.39, 0.29) is 11.8 Å². The third-order valence-corrected chi connectivity index (χ3v) is 3.35. The molecule has 2 N–H and O–H groups in total. The van der Waals surface area contributed by atoms with Gasteiger partial charge in [0.2, 0.25) is 5.91 Å². The largest absolute Gasteiger partial charge is 0.480 e. The van der Waals surface area contributed by atoms with Crippen LogP contribution in [0.5, 0.6) is 0 Å². The van der Waals surface area contributed by atoms with Crippen molar-refractivity contribution in [2.45, 2.75) is 39.2 Å². The lowest BCUT2D eigenvalue weighted by Gasteiger charge is -2.22. The molecule has 0 aliphatic rings. The molecule has 5 nitrogen and oxygen atoms in total. The first-order valence-corrected chi connectivity index (χ1v) is 6.40. The summed E-state index contributed by atoms with van der Waals surface area (Å²) in [5.41, 5.74) is 0.772. The molecule has 1 aromatic rings. The summed E-state index contributed by atoms with van der Waals surface area (Å²) in [5.74, 6) is -1.82. The molecule has 0 aliphatic heterocycles. The molecule has 5 heteroatoms. The maximum absolute atomic E-state index is 12.1. The van der Waals surface area contributed by atoms with Crippen molar-refractivity contribution in [3.8, 4) is 0 Å². The lowest BCUT2D eigenvalue weighted by Crippen LogP contribution is -2.46. The number of aliphatic carboxylic acids is 1. The molecule has 0 aliphatic carbocycles. The number of amides is 1. The molecule has 19 heavy (non-hydrogen) atoms. The number of aromatic nitrogens is 1. The van der Waals surface area contributed by atoms with E-state index in [1.54, 1.807) is 31.5 Å². The summed E-state index contributed by atoms with van der Waals surface area (Å²) >= 11 is 0. The summed E-state index contributed by atoms with van der Waals surface area (Å²) in [6.07, 6.45) is 3.94. The summed E-state index contributed by atoms with van der Waals surface area (Å²) in [7, 11) is 0. The predicted octanol–water partition coefficient (Wildman–Crippen LogP) is 1.80. The number of nitrogens with one attached hydrogen (secondary N) is 1. The molecule has 0 unspecified atom stereocenters. The zero-order valence-electron chi connectivity index (χ0n) is 11.5. The molecule has 0 aromatic carbocycles. The second-order valence-corrected chi connectivity index (χ2v) is 4.72. The zero-order valence-corrected chi connectivity index (χ0v) is 11.5. The van der Waals surface area contributed by atoms with Gasteiger partial charge in [0.25, 0.3) is 0 Å². The van der Waals surface area contributed by atoms with Crippen molar-refractivity contribution < 1.29 is 14.7 Å². The van der Waals surface area contributed by atoms with Gasteiger partial charge in [0.1, 0.15) is 6.04 Å². The van der Waals surface area contributed by atoms with Crippen LogP contribution in [-0.2, 0) is 9.59 Å². The van der Waals surface area contributed by atoms with Gasteiger partial charge in [-0.1, -0.05) is 26.3 Å². The number of carboxylic acids is 1. The summed E-state index contributed by atoms with van der Waals surface area (Å²) in [5, 5.41) is 11.7. The Hall–Kier alpha value is -1.91. The van der Waals surface area contributed by atoms with E-state index < -0.39 is 17.9 Å². The van der Waals surface area contributed by atoms with Crippen LogP contribution < -0.4 is 5.32 Å². The van der Waals surface area contributed by atoms with Gasteiger partial charge < -0.3 is 10.4 Å². The standard InChI is InChI=1S/C14H20N2O3/c1-4-9(2)12(14(18)19)16-13(17)10(3)11-6-5-7-15-8-11/h5-10,12H,4H2,1-3H3,(H,16,17)(H,18,19)/t9-,10+,12-/m0/s1. The van der Waals surface area contributed by atoms with Crippen LogP contribution in [0.2, 0.25) is 0 Å². The van der Waals surface area contributed by atoms with E-state index >= 15 is 0 Å². The highest BCUT2D eigenvalue weighted by atomic mass is 16.4. The molecule has 1 aromatic heterocycles. The summed E-state index contributed by atoms with van der Waals surface area (Å²) < 4.78 is 0. The molecule has 0 radical (unpaired) electrons. The van der Waals surface area contributed by atoms with Crippen molar-refractivity contribution in [3.63, 3.8) is 0 Å². The van der Waals surface area contributed by atoms with E-state index in [1.165, 1.54) is 0 Å². The van der Waals surface area contributed by atoms with Gasteiger partial charge in [0, 0.05) is 12.4 Å². The molecule has 1 amide bonds. The molecule has 3 atom stereocenters. The van der Waals surface area contributed by atoms with E-state index in [9.17, 15) is 9.59 Å². The topological polar surface area (TPSA) is 79.3 Å². The molecule has 0 saturated carbocycles. The first-order valence-electron chi connectivity index (χ1n) is 6.40. The van der Waals surface area contributed by atoms with Crippen LogP contribution in [-0.4, -0.2) is 28.0 Å². The molecule has 1 heterocycles. The van der Waals surface area contributed by atoms with Crippen LogP contribution >= 0.6 is 0 Å². The summed E-state index contributed by atoms with van der Waals surface area (Å²) in [4.78, 5) is 27.2. The number of carbonyl (C=O) groups is 2. The van der Waals surface area contributed by atoms with E-state index in [0.717, 1.165) is 5.56 Å². The Balaban J connectivity index is 2.75. The van der Waals surface area contributed by atoms with Gasteiger partial charge in [-0.15, -0.1) is 0 Å². The molecule has 0 saturated heterocycles. The van der Waals surface area contributed by atoms with E-state index in [1.807, 2.05) is 13.8 Å². The third-order valence-electron chi connectivity index (χ3n) is 3.35. The number of rotatable bonds is 6. The lowest BCUT2D eigenvalue weighted by atomic mass is 9.97. The van der Waals surface area contributed by atoms with Crippen molar-refractivity contribution in [1.82, 2.24) is 10.3 Å². The smallest absolute Gasteiger partial charge is 0.326 e. The second kappa shape index (κ2) is 6.87. The Bertz CT molecular complexity index is 434. The molecule has 0 fully saturated rings. The fourth-order valence-electron chi connectivity index (χ4n) is 1.74. The van der Waals surface area contributed by atoms with Gasteiger partial charge in [-0.05, 0) is 24.5 Å². The summed E-state index contributed by atoms with van der Waals surface area (Å²) in [6, 6.07) is 2.70. The highest BCUT2D eigenvalue weighted by Gasteiger charge is 2.27. The Morgan fingerprint density at radius 2 is 2.11 bits per heavy atom. The minimum absolute atomic E-state index is 0.109. The van der Waals surface area contributed by atoms with Crippen LogP contribution in [0.1, 0.15) is 38.7 Å². The van der Waals surface area contributed by atoms with Crippen LogP contribution in [0.4, 0.5) is 0 Å². The Morgan fingerprint density at radius 1 is 1.42 bits per heavy atom. The Labute approximate surface area is 113 Å². The number of carboxylic acid groups (broad SMARTS) is 1. The monoisotopic (exact) mass is 264 g/mol. The normalized spacial score (nSPS) is 15.3. The van der Waals surface area contributed by atoms with E-state index in [0.29, 0.717) is 6.42 Å². The number of hydrogen-bond donors (Lipinski definition) is 2. The minimum Gasteiger partial charge on any atom is -0.480 e. The fourth-order valence-corrected chi connectivity index (χ4v) is 1.74. The van der Waals surface area contributed by atoms with Gasteiger partial charge in [-0.25, -0.2) is 4.79 Å². The molecule has 0 bridgehead atoms. The number of nitrogens with zero attached hydrogens (tertiary/aromatic N) is 1. The highest BCUT2D eigenvalue weighted by molar-refractivity contribution is 5.87. The minimum atomic E-state index is -0.999. The first-order chi connectivity index (χ1) is 8.97. The average molecular weight is 264 g/mol. The third kappa shape index (κ3) is 4.05. The highest BCUT2D eigenvalue weighted by Crippen LogP contribution is 2.15. The Kier molecular flexibility index (Phi) is 5.48. The van der Waals surface area contributed by atoms with Gasteiger partial charge in [0.15, 0.2) is 0 Å². The maximum Gasteiger partial charge on any atom is 0.326 e. The van der Waals surface area contributed by atoms with Crippen LogP contribution in [0, 0.1) is 5.92 Å². The summed E-state index contributed by atoms with van der Waals surface area (Å²) in [6.45, 7) is 5.45. The quantitative estimate of drug-likeness (QED) is 0.821. The van der Waals surface area contributed by atoms with Crippen molar-refractivity contribution in [2.75, 3.05) is 0 Å². The van der Waals surface area contributed by atoms with Crippen molar-refractivity contribution >= 4 is 11.9 Å². The van der Waals surface area contributed by atoms with Crippen molar-refractivity contribution in [3.05, 3.63) is 30.1 Å². The van der Waals surface area contributed by atoms with Crippen molar-refractivity contribution in [1.29, 1.82) is 0 Å². The molecule has 104 valence electrons. The lowest BCUT2D eigenvalue weighted by molar-refractivity contribution is -0.143. The Morgan fingerprint density at radius 3 is 2.58 bits per heavy atom. The van der Waals surface area contributed by atoms with Gasteiger partial charge in [-0.2, -0.15) is 0 Å². The van der Waals surface area contributed by atoms with E-state index in [4.69, 9.17) is 5.11 Å². The van der Waals surface area contributed by atoms with E-state index in [2.05, 4.69) is 10.3 Å². The van der Waals surface area contributed by atoms with Crippen molar-refractivity contribution in [2.24, 2.45) is 5.92 Å². The van der Waals surface area contributed by atoms with Crippen LogP contribution in [0.3, 0.4) is 0 Å². The maximum atomic E-state index is 12.1. The average Bonchev–Trinajstić information content (AvgIpc) is 2.43. The number of carbonyl (C=O) groups excluding carboxylic acids is 1. The van der Waals surface area contributed by atoms with Gasteiger partial charge in [-0.3, -0.25) is 9.78 Å². The molecular formula is C14H20N2O3. The first kappa shape index (κ1) is 15.1. The van der Waals surface area contributed by atoms with Crippen LogP contribution in [0.25, 0.3) is 0 Å². The zero-order chi connectivity index (χ0) is 14.4. The second-order valence-electron chi connectivity index (χ2n) is 4.72. The molecule has 1 rings (SSSR count). The SMILES string of the molecule is CC[C@H](C)[C@H](NC(=O)[C@H](C)c1cccnc1)C(=O)O.